The Bertz CT molecular complexity index is 453. The van der Waals surface area contributed by atoms with Gasteiger partial charge in [-0.25, -0.2) is 5.41 Å². The second-order valence-corrected chi connectivity index (χ2v) is 1.99. The predicted molar refractivity (Wildman–Crippen MR) is 34.1 cm³/mol. The molecule has 10 heavy (non-hydrogen) atoms. The molecule has 0 spiro atoms. The van der Waals surface area contributed by atoms with Crippen molar-refractivity contribution in [2.75, 3.05) is 0 Å². The van der Waals surface area contributed by atoms with Crippen molar-refractivity contribution in [3.05, 3.63) is 23.2 Å². The highest BCUT2D eigenvalue weighted by Gasteiger charge is 1.97. The van der Waals surface area contributed by atoms with Crippen LogP contribution in [0.15, 0.2) is 16.7 Å². The van der Waals surface area contributed by atoms with Gasteiger partial charge in [0, 0.05) is 0 Å². The van der Waals surface area contributed by atoms with Crippen molar-refractivity contribution in [3.8, 4) is 0 Å². The number of nitrogens with zero attached hydrogens (tertiary/aromatic N) is 2. The second kappa shape index (κ2) is 1.47. The number of hydrogen-bond donors (Lipinski definition) is 1. The van der Waals surface area contributed by atoms with E-state index in [1.165, 1.54) is 4.57 Å². The lowest BCUT2D eigenvalue weighted by Gasteiger charge is -1.75. The van der Waals surface area contributed by atoms with Gasteiger partial charge in [-0.3, -0.25) is 0 Å². The molecule has 0 aliphatic carbocycles. The largest absolute Gasteiger partial charge is 0.338 e. The summed E-state index contributed by atoms with van der Waals surface area (Å²) in [5.74, 6) is 0. The smallest absolute Gasteiger partial charge is 0.332 e. The molecule has 0 fully saturated rings. The summed E-state index contributed by atoms with van der Waals surface area (Å²) in [4.78, 5) is 3.76. The first-order valence-corrected chi connectivity index (χ1v) is 2.80. The summed E-state index contributed by atoms with van der Waals surface area (Å²) < 4.78 is 6.27. The van der Waals surface area contributed by atoms with Gasteiger partial charge in [0.1, 0.15) is 0 Å². The van der Waals surface area contributed by atoms with E-state index in [1.54, 1.807) is 12.1 Å². The van der Waals surface area contributed by atoms with Gasteiger partial charge >= 0.3 is 5.68 Å². The third kappa shape index (κ3) is 0.500. The van der Waals surface area contributed by atoms with Crippen molar-refractivity contribution in [2.24, 2.45) is 0 Å². The van der Waals surface area contributed by atoms with Crippen molar-refractivity contribution >= 4 is 12.2 Å². The van der Waals surface area contributed by atoms with Gasteiger partial charge in [-0.1, -0.05) is 6.58 Å². The van der Waals surface area contributed by atoms with Crippen LogP contribution >= 0.6 is 0 Å². The second-order valence-electron chi connectivity index (χ2n) is 1.99. The van der Waals surface area contributed by atoms with E-state index in [1.807, 2.05) is 0 Å². The molecule has 0 aliphatic rings. The van der Waals surface area contributed by atoms with Crippen LogP contribution in [0.4, 0.5) is 0 Å². The van der Waals surface area contributed by atoms with Crippen LogP contribution in [0.25, 0.3) is 12.2 Å². The zero-order valence-corrected chi connectivity index (χ0v) is 5.16. The number of nitrogens with one attached hydrogen (secondary N) is 1. The molecule has 2 rings (SSSR count). The van der Waals surface area contributed by atoms with Crippen LogP contribution in [0, 0.1) is 5.41 Å². The molecule has 50 valence electrons. The van der Waals surface area contributed by atoms with Gasteiger partial charge in [0.05, 0.1) is 5.35 Å². The summed E-state index contributed by atoms with van der Waals surface area (Å²) >= 11 is 0. The molecule has 2 heterocycles. The molecule has 2 aromatic heterocycles. The minimum absolute atomic E-state index is 0.0829. The van der Waals surface area contributed by atoms with Gasteiger partial charge in [-0.05, 0) is 12.1 Å². The summed E-state index contributed by atoms with van der Waals surface area (Å²) in [6.07, 6.45) is 0. The number of rotatable bonds is 0. The van der Waals surface area contributed by atoms with E-state index < -0.39 is 0 Å². The zero-order chi connectivity index (χ0) is 7.14. The lowest BCUT2D eigenvalue weighted by atomic mass is 10.6. The van der Waals surface area contributed by atoms with Crippen LogP contribution in [0.5, 0.6) is 0 Å². The lowest BCUT2D eigenvalue weighted by molar-refractivity contribution is 0.325. The maximum Gasteiger partial charge on any atom is 0.338 e. The quantitative estimate of drug-likeness (QED) is 0.531. The van der Waals surface area contributed by atoms with Gasteiger partial charge < -0.3 is 4.52 Å². The Labute approximate surface area is 55.9 Å². The van der Waals surface area contributed by atoms with Crippen LogP contribution in [0.1, 0.15) is 0 Å². The molecule has 1 N–H and O–H groups in total. The normalized spacial score (nSPS) is 10.8. The molecular weight excluding hydrogens is 130 g/mol. The number of aromatic nitrogens is 2. The Morgan fingerprint density at radius 3 is 3.10 bits per heavy atom. The molecular formula is C6H5N3O. The van der Waals surface area contributed by atoms with Gasteiger partial charge in [-0.2, -0.15) is 9.56 Å². The molecule has 4 nitrogen and oxygen atoms in total. The summed E-state index contributed by atoms with van der Waals surface area (Å²) in [6.45, 7) is 3.67. The van der Waals surface area contributed by atoms with E-state index in [0.29, 0.717) is 11.0 Å². The zero-order valence-electron chi connectivity index (χ0n) is 5.16. The van der Waals surface area contributed by atoms with Crippen LogP contribution in [-0.2, 0) is 0 Å². The summed E-state index contributed by atoms with van der Waals surface area (Å²) in [6, 6.07) is 3.54. The Hall–Kier alpha value is -1.58. The van der Waals surface area contributed by atoms with Crippen molar-refractivity contribution in [3.63, 3.8) is 0 Å². The third-order valence-corrected chi connectivity index (χ3v) is 1.29. The topological polar surface area (TPSA) is 54.3 Å². The maximum absolute atomic E-state index is 7.01. The Morgan fingerprint density at radius 2 is 2.40 bits per heavy atom. The number of hydrogen-bond acceptors (Lipinski definition) is 3. The first-order chi connectivity index (χ1) is 4.77. The van der Waals surface area contributed by atoms with Crippen LogP contribution < -0.4 is 11.0 Å². The Balaban J connectivity index is 3.18. The molecule has 0 saturated heterocycles. The summed E-state index contributed by atoms with van der Waals surface area (Å²) in [7, 11) is 0. The van der Waals surface area contributed by atoms with E-state index in [9.17, 15) is 0 Å². The van der Waals surface area contributed by atoms with E-state index in [4.69, 9.17) is 9.93 Å². The predicted octanol–water partition coefficient (Wildman–Crippen LogP) is -0.464. The minimum atomic E-state index is -0.0829. The van der Waals surface area contributed by atoms with Gasteiger partial charge in [0.15, 0.2) is 5.65 Å². The average Bonchev–Trinajstić information content (AvgIpc) is 2.35. The fourth-order valence-corrected chi connectivity index (χ4v) is 0.852. The molecule has 0 saturated carbocycles. The van der Waals surface area contributed by atoms with Crippen molar-refractivity contribution in [1.82, 2.24) is 9.56 Å². The summed E-state index contributed by atoms with van der Waals surface area (Å²) in [5.41, 5.74) is 0.551. The standard InChI is InChI=1S/C6H5N3O/c1-4-2-3-5-8-6(7)10-9(4)5/h2-3,7H,1H2. The molecule has 2 aromatic rings. The van der Waals surface area contributed by atoms with Gasteiger partial charge in [-0.15, -0.1) is 0 Å². The van der Waals surface area contributed by atoms with E-state index in [0.717, 1.165) is 0 Å². The fourth-order valence-electron chi connectivity index (χ4n) is 0.852. The molecule has 0 radical (unpaired) electrons. The van der Waals surface area contributed by atoms with E-state index in [-0.39, 0.29) is 5.68 Å². The first-order valence-electron chi connectivity index (χ1n) is 2.80. The molecule has 0 unspecified atom stereocenters. The Kier molecular flexibility index (Phi) is 0.768. The highest BCUT2D eigenvalue weighted by atomic mass is 16.5. The third-order valence-electron chi connectivity index (χ3n) is 1.29. The SMILES string of the molecule is C=c1ccc2nc(=N)on12. The molecule has 0 aliphatic heterocycles. The molecule has 0 amide bonds. The number of fused-ring (bicyclic) bond motifs is 1. The van der Waals surface area contributed by atoms with Crippen LogP contribution in [0.3, 0.4) is 0 Å². The van der Waals surface area contributed by atoms with Gasteiger partial charge in [0.25, 0.3) is 0 Å². The van der Waals surface area contributed by atoms with Crippen LogP contribution in [0.2, 0.25) is 0 Å². The highest BCUT2D eigenvalue weighted by Crippen LogP contribution is 1.89. The highest BCUT2D eigenvalue weighted by molar-refractivity contribution is 5.36. The Morgan fingerprint density at radius 1 is 1.60 bits per heavy atom. The average molecular weight is 135 g/mol. The molecule has 0 atom stereocenters. The molecule has 0 aromatic carbocycles. The van der Waals surface area contributed by atoms with Crippen molar-refractivity contribution < 1.29 is 4.52 Å². The maximum atomic E-state index is 7.01. The lowest BCUT2D eigenvalue weighted by Crippen LogP contribution is -2.03. The van der Waals surface area contributed by atoms with Gasteiger partial charge in [0.2, 0.25) is 0 Å². The van der Waals surface area contributed by atoms with Crippen LogP contribution in [-0.4, -0.2) is 9.56 Å². The molecule has 0 bridgehead atoms. The molecule has 4 heteroatoms. The monoisotopic (exact) mass is 135 g/mol. The summed E-state index contributed by atoms with van der Waals surface area (Å²) in [5, 5.41) is 7.72. The fraction of sp³-hybridized carbons (Fsp3) is 0. The van der Waals surface area contributed by atoms with E-state index >= 15 is 0 Å². The van der Waals surface area contributed by atoms with E-state index in [2.05, 4.69) is 11.6 Å². The van der Waals surface area contributed by atoms with Crippen molar-refractivity contribution in [1.29, 1.82) is 5.41 Å². The van der Waals surface area contributed by atoms with Crippen molar-refractivity contribution in [2.45, 2.75) is 0 Å². The first kappa shape index (κ1) is 5.22. The minimum Gasteiger partial charge on any atom is -0.332 e.